The van der Waals surface area contributed by atoms with Gasteiger partial charge in [-0.1, -0.05) is 158 Å². The number of fused-ring (bicyclic) bond motifs is 8. The molecule has 0 radical (unpaired) electrons. The van der Waals surface area contributed by atoms with Crippen LogP contribution in [0, 0.1) is 0 Å². The summed E-state index contributed by atoms with van der Waals surface area (Å²) in [6.07, 6.45) is 0. The van der Waals surface area contributed by atoms with Gasteiger partial charge in [0.25, 0.3) is 0 Å². The van der Waals surface area contributed by atoms with Crippen LogP contribution in [0.3, 0.4) is 0 Å². The van der Waals surface area contributed by atoms with E-state index in [4.69, 9.17) is 4.42 Å². The van der Waals surface area contributed by atoms with Crippen molar-refractivity contribution in [3.63, 3.8) is 0 Å². The van der Waals surface area contributed by atoms with Crippen molar-refractivity contribution in [2.75, 3.05) is 4.90 Å². The van der Waals surface area contributed by atoms with Crippen LogP contribution in [0.2, 0.25) is 0 Å². The van der Waals surface area contributed by atoms with Crippen LogP contribution in [0.5, 0.6) is 0 Å². The van der Waals surface area contributed by atoms with Gasteiger partial charge in [0.1, 0.15) is 11.2 Å². The van der Waals surface area contributed by atoms with Gasteiger partial charge in [0, 0.05) is 55.6 Å². The first-order valence-electron chi connectivity index (χ1n) is 20.2. The van der Waals surface area contributed by atoms with E-state index in [1.807, 2.05) is 0 Å². The lowest BCUT2D eigenvalue weighted by Gasteiger charge is -2.27. The third-order valence-electron chi connectivity index (χ3n) is 11.9. The SMILES string of the molecule is c1ccc(-c2c3c(cc4c2c2ccc(-c5cccc6ccccc56)cc2n4-c2ccc(N(c4ccccc4)c4cccc5ccccc45)cc2)oc2ccccc23)cc1. The van der Waals surface area contributed by atoms with E-state index >= 15 is 0 Å². The van der Waals surface area contributed by atoms with E-state index in [1.165, 1.54) is 49.0 Å². The molecule has 0 atom stereocenters. The van der Waals surface area contributed by atoms with Gasteiger partial charge in [-0.3, -0.25) is 0 Å². The van der Waals surface area contributed by atoms with Crippen LogP contribution < -0.4 is 4.90 Å². The summed E-state index contributed by atoms with van der Waals surface area (Å²) in [4.78, 5) is 2.36. The first-order chi connectivity index (χ1) is 29.3. The van der Waals surface area contributed by atoms with Crippen LogP contribution in [0.4, 0.5) is 17.1 Å². The third-order valence-corrected chi connectivity index (χ3v) is 11.9. The van der Waals surface area contributed by atoms with Crippen LogP contribution in [0.15, 0.2) is 223 Å². The number of anilines is 3. The Labute approximate surface area is 341 Å². The fraction of sp³-hybridized carbons (Fsp3) is 0. The van der Waals surface area contributed by atoms with E-state index in [9.17, 15) is 0 Å². The molecule has 2 aromatic heterocycles. The molecule has 0 aliphatic heterocycles. The van der Waals surface area contributed by atoms with Gasteiger partial charge < -0.3 is 13.9 Å². The fourth-order valence-electron chi connectivity index (χ4n) is 9.35. The van der Waals surface area contributed by atoms with Crippen LogP contribution in [-0.4, -0.2) is 4.57 Å². The number of hydrogen-bond donors (Lipinski definition) is 0. The van der Waals surface area contributed by atoms with Gasteiger partial charge in [-0.25, -0.2) is 0 Å². The highest BCUT2D eigenvalue weighted by molar-refractivity contribution is 6.27. The first-order valence-corrected chi connectivity index (χ1v) is 20.2. The normalized spacial score (nSPS) is 11.7. The zero-order valence-corrected chi connectivity index (χ0v) is 32.1. The summed E-state index contributed by atoms with van der Waals surface area (Å²) in [6.45, 7) is 0. The predicted octanol–water partition coefficient (Wildman–Crippen LogP) is 15.8. The number of para-hydroxylation sites is 2. The van der Waals surface area contributed by atoms with Gasteiger partial charge in [-0.05, 0) is 87.4 Å². The molecule has 12 aromatic rings. The Morgan fingerprint density at radius 1 is 0.373 bits per heavy atom. The molecule has 59 heavy (non-hydrogen) atoms. The quantitative estimate of drug-likeness (QED) is 0.169. The van der Waals surface area contributed by atoms with Crippen molar-refractivity contribution in [3.8, 4) is 27.9 Å². The van der Waals surface area contributed by atoms with Crippen LogP contribution in [0.25, 0.3) is 93.2 Å². The molecule has 0 fully saturated rings. The molecule has 0 amide bonds. The molecule has 0 saturated heterocycles. The molecule has 276 valence electrons. The molecular formula is C56H36N2O. The highest BCUT2D eigenvalue weighted by Gasteiger charge is 2.24. The van der Waals surface area contributed by atoms with Crippen molar-refractivity contribution in [2.24, 2.45) is 0 Å². The van der Waals surface area contributed by atoms with Gasteiger partial charge in [-0.15, -0.1) is 0 Å². The third kappa shape index (κ3) is 5.29. The average Bonchev–Trinajstić information content (AvgIpc) is 3.84. The molecule has 0 bridgehead atoms. The highest BCUT2D eigenvalue weighted by Crippen LogP contribution is 2.47. The summed E-state index contributed by atoms with van der Waals surface area (Å²) >= 11 is 0. The van der Waals surface area contributed by atoms with Crippen molar-refractivity contribution in [2.45, 2.75) is 0 Å². The molecule has 0 spiro atoms. The van der Waals surface area contributed by atoms with Gasteiger partial charge in [-0.2, -0.15) is 0 Å². The maximum atomic E-state index is 6.71. The minimum absolute atomic E-state index is 0.874. The molecule has 3 nitrogen and oxygen atoms in total. The van der Waals surface area contributed by atoms with E-state index in [1.54, 1.807) is 0 Å². The number of rotatable bonds is 6. The van der Waals surface area contributed by atoms with Crippen LogP contribution in [-0.2, 0) is 0 Å². The highest BCUT2D eigenvalue weighted by atomic mass is 16.3. The molecule has 12 rings (SSSR count). The Bertz CT molecular complexity index is 3530. The van der Waals surface area contributed by atoms with Crippen molar-refractivity contribution in [1.29, 1.82) is 0 Å². The van der Waals surface area contributed by atoms with E-state index in [0.29, 0.717) is 0 Å². The average molecular weight is 753 g/mol. The van der Waals surface area contributed by atoms with Crippen LogP contribution in [0.1, 0.15) is 0 Å². The standard InChI is InChI=1S/C56H36N2O/c1-3-17-39(18-4-1)54-55-47-34-29-40(45-26-13-19-37-15-7-9-23-44(37)45)35-50(47)58(51(55)36-53-56(54)48-25-11-12-28-52(48)59-53)43-32-30-42(31-33-43)57(41-21-5-2-6-22-41)49-27-14-20-38-16-8-10-24-46(38)49/h1-36H. The van der Waals surface area contributed by atoms with Gasteiger partial charge in [0.2, 0.25) is 0 Å². The summed E-state index contributed by atoms with van der Waals surface area (Å²) in [6, 6.07) is 78.6. The van der Waals surface area contributed by atoms with E-state index in [2.05, 4.69) is 228 Å². The van der Waals surface area contributed by atoms with Gasteiger partial charge in [0.15, 0.2) is 0 Å². The lowest BCUT2D eigenvalue weighted by molar-refractivity contribution is 0.669. The summed E-state index contributed by atoms with van der Waals surface area (Å²) in [5.41, 5.74) is 13.1. The predicted molar refractivity (Wildman–Crippen MR) is 249 cm³/mol. The molecule has 2 heterocycles. The first kappa shape index (κ1) is 33.3. The second kappa shape index (κ2) is 13.4. The molecular weight excluding hydrogens is 717 g/mol. The molecule has 0 aliphatic carbocycles. The molecule has 0 unspecified atom stereocenters. The lowest BCUT2D eigenvalue weighted by atomic mass is 9.93. The smallest absolute Gasteiger partial charge is 0.138 e. The van der Waals surface area contributed by atoms with Crippen molar-refractivity contribution in [3.05, 3.63) is 218 Å². The maximum Gasteiger partial charge on any atom is 0.138 e. The Hall–Kier alpha value is -7.88. The van der Waals surface area contributed by atoms with Crippen molar-refractivity contribution < 1.29 is 4.42 Å². The molecule has 3 heteroatoms. The summed E-state index contributed by atoms with van der Waals surface area (Å²) in [5.74, 6) is 0. The van der Waals surface area contributed by atoms with Gasteiger partial charge >= 0.3 is 0 Å². The molecule has 0 N–H and O–H groups in total. The second-order valence-corrected chi connectivity index (χ2v) is 15.3. The van der Waals surface area contributed by atoms with E-state index < -0.39 is 0 Å². The van der Waals surface area contributed by atoms with Crippen molar-refractivity contribution in [1.82, 2.24) is 4.57 Å². The zero-order chi connectivity index (χ0) is 38.9. The summed E-state index contributed by atoms with van der Waals surface area (Å²) < 4.78 is 9.15. The minimum atomic E-state index is 0.874. The minimum Gasteiger partial charge on any atom is -0.456 e. The molecule has 0 aliphatic rings. The van der Waals surface area contributed by atoms with Gasteiger partial charge in [0.05, 0.1) is 16.7 Å². The van der Waals surface area contributed by atoms with Crippen molar-refractivity contribution >= 4 is 82.4 Å². The Balaban J connectivity index is 1.15. The number of benzene rings is 10. The van der Waals surface area contributed by atoms with E-state index in [-0.39, 0.29) is 0 Å². The lowest BCUT2D eigenvalue weighted by Crippen LogP contribution is -2.10. The summed E-state index contributed by atoms with van der Waals surface area (Å²) in [7, 11) is 0. The number of nitrogens with zero attached hydrogens (tertiary/aromatic N) is 2. The number of aromatic nitrogens is 1. The topological polar surface area (TPSA) is 21.3 Å². The van der Waals surface area contributed by atoms with Crippen LogP contribution >= 0.6 is 0 Å². The monoisotopic (exact) mass is 752 g/mol. The Kier molecular flexibility index (Phi) is 7.54. The fourth-order valence-corrected chi connectivity index (χ4v) is 9.35. The Morgan fingerprint density at radius 3 is 1.80 bits per heavy atom. The maximum absolute atomic E-state index is 6.71. The number of hydrogen-bond acceptors (Lipinski definition) is 2. The van der Waals surface area contributed by atoms with E-state index in [0.717, 1.165) is 61.3 Å². The zero-order valence-electron chi connectivity index (χ0n) is 32.1. The Morgan fingerprint density at radius 2 is 1.00 bits per heavy atom. The summed E-state index contributed by atoms with van der Waals surface area (Å²) in [5, 5.41) is 9.55. The molecule has 10 aromatic carbocycles. The number of furan rings is 1. The largest absolute Gasteiger partial charge is 0.456 e. The molecule has 0 saturated carbocycles. The second-order valence-electron chi connectivity index (χ2n) is 15.3.